The van der Waals surface area contributed by atoms with Crippen LogP contribution in [0.2, 0.25) is 0 Å². The number of likely N-dealkylation sites (tertiary alicyclic amines) is 1. The van der Waals surface area contributed by atoms with Gasteiger partial charge in [0.25, 0.3) is 0 Å². The molecule has 0 amide bonds. The Morgan fingerprint density at radius 1 is 1.31 bits per heavy atom. The second-order valence-electron chi connectivity index (χ2n) is 5.49. The minimum absolute atomic E-state index is 0.882. The highest BCUT2D eigenvalue weighted by Gasteiger charge is 2.15. The van der Waals surface area contributed by atoms with Gasteiger partial charge in [-0.1, -0.05) is 0 Å². The number of nitrogens with one attached hydrogen (secondary N) is 1. The maximum absolute atomic E-state index is 3.60. The van der Waals surface area contributed by atoms with E-state index in [1.54, 1.807) is 0 Å². The van der Waals surface area contributed by atoms with Gasteiger partial charge in [-0.05, 0) is 78.9 Å². The molecule has 0 aromatic rings. The molecule has 16 heavy (non-hydrogen) atoms. The quantitative estimate of drug-likeness (QED) is 0.661. The molecule has 3 nitrogen and oxygen atoms in total. The summed E-state index contributed by atoms with van der Waals surface area (Å²) < 4.78 is 0. The average Bonchev–Trinajstić information content (AvgIpc) is 2.23. The summed E-state index contributed by atoms with van der Waals surface area (Å²) in [5.74, 6) is 0.882. The molecule has 3 heteroatoms. The van der Waals surface area contributed by atoms with Gasteiger partial charge < -0.3 is 15.1 Å². The summed E-state index contributed by atoms with van der Waals surface area (Å²) in [6, 6.07) is 0. The molecule has 1 aliphatic rings. The van der Waals surface area contributed by atoms with E-state index < -0.39 is 0 Å². The van der Waals surface area contributed by atoms with Gasteiger partial charge in [0.15, 0.2) is 0 Å². The van der Waals surface area contributed by atoms with E-state index in [1.807, 2.05) is 0 Å². The summed E-state index contributed by atoms with van der Waals surface area (Å²) in [5.41, 5.74) is 0. The van der Waals surface area contributed by atoms with Crippen LogP contribution in [0.4, 0.5) is 0 Å². The Bertz CT molecular complexity index is 171. The summed E-state index contributed by atoms with van der Waals surface area (Å²) in [4.78, 5) is 4.72. The van der Waals surface area contributed by atoms with Crippen LogP contribution in [-0.2, 0) is 0 Å². The maximum atomic E-state index is 3.60. The molecule has 0 radical (unpaired) electrons. The fourth-order valence-electron chi connectivity index (χ4n) is 2.42. The summed E-state index contributed by atoms with van der Waals surface area (Å²) in [7, 11) is 6.53. The molecule has 1 N–H and O–H groups in total. The van der Waals surface area contributed by atoms with Crippen LogP contribution in [0.1, 0.15) is 25.7 Å². The van der Waals surface area contributed by atoms with E-state index in [1.165, 1.54) is 58.4 Å². The molecule has 0 aliphatic carbocycles. The van der Waals surface area contributed by atoms with E-state index in [0.717, 1.165) is 5.92 Å². The molecule has 96 valence electrons. The zero-order chi connectivity index (χ0) is 11.8. The van der Waals surface area contributed by atoms with Crippen LogP contribution in [0.5, 0.6) is 0 Å². The van der Waals surface area contributed by atoms with Crippen molar-refractivity contribution in [1.82, 2.24) is 15.1 Å². The lowest BCUT2D eigenvalue weighted by Crippen LogP contribution is -2.37. The molecule has 1 rings (SSSR count). The van der Waals surface area contributed by atoms with Crippen molar-refractivity contribution in [3.8, 4) is 0 Å². The Balaban J connectivity index is 1.90. The Kier molecular flexibility index (Phi) is 7.01. The van der Waals surface area contributed by atoms with Gasteiger partial charge in [0.05, 0.1) is 0 Å². The number of rotatable bonds is 7. The lowest BCUT2D eigenvalue weighted by Gasteiger charge is -2.29. The van der Waals surface area contributed by atoms with Gasteiger partial charge in [-0.15, -0.1) is 0 Å². The van der Waals surface area contributed by atoms with E-state index in [-0.39, 0.29) is 0 Å². The number of nitrogens with zero attached hydrogens (tertiary/aromatic N) is 2. The number of hydrogen-bond acceptors (Lipinski definition) is 3. The second kappa shape index (κ2) is 8.04. The molecule has 1 aliphatic heterocycles. The molecule has 1 saturated heterocycles. The van der Waals surface area contributed by atoms with E-state index in [2.05, 4.69) is 36.3 Å². The third-order valence-corrected chi connectivity index (χ3v) is 3.36. The van der Waals surface area contributed by atoms with Gasteiger partial charge in [0.1, 0.15) is 0 Å². The van der Waals surface area contributed by atoms with Crippen molar-refractivity contribution in [3.63, 3.8) is 0 Å². The van der Waals surface area contributed by atoms with Gasteiger partial charge in [0.2, 0.25) is 0 Å². The van der Waals surface area contributed by atoms with E-state index in [4.69, 9.17) is 0 Å². The fraction of sp³-hybridized carbons (Fsp3) is 1.00. The molecule has 0 aromatic heterocycles. The molecule has 0 aromatic carbocycles. The molecular formula is C13H29N3. The van der Waals surface area contributed by atoms with E-state index >= 15 is 0 Å². The van der Waals surface area contributed by atoms with Crippen molar-refractivity contribution in [3.05, 3.63) is 0 Å². The van der Waals surface area contributed by atoms with Crippen LogP contribution in [0.3, 0.4) is 0 Å². The molecule has 0 saturated carbocycles. The summed E-state index contributed by atoms with van der Waals surface area (Å²) in [6.07, 6.45) is 5.41. The second-order valence-corrected chi connectivity index (χ2v) is 5.49. The minimum atomic E-state index is 0.882. The van der Waals surface area contributed by atoms with Crippen LogP contribution in [0, 0.1) is 5.92 Å². The largest absolute Gasteiger partial charge is 0.316 e. The standard InChI is InChI=1S/C13H29N3/c1-15(2)9-5-4-8-14-11-13-7-6-10-16(3)12-13/h13-14H,4-12H2,1-3H3. The highest BCUT2D eigenvalue weighted by molar-refractivity contribution is 4.72. The Morgan fingerprint density at radius 3 is 2.81 bits per heavy atom. The van der Waals surface area contributed by atoms with Crippen molar-refractivity contribution < 1.29 is 0 Å². The first-order chi connectivity index (χ1) is 7.68. The first kappa shape index (κ1) is 13.9. The molecular weight excluding hydrogens is 198 g/mol. The molecule has 1 unspecified atom stereocenters. The zero-order valence-electron chi connectivity index (χ0n) is 11.3. The van der Waals surface area contributed by atoms with Crippen LogP contribution < -0.4 is 5.32 Å². The summed E-state index contributed by atoms with van der Waals surface area (Å²) in [6.45, 7) is 6.19. The average molecular weight is 227 g/mol. The Morgan fingerprint density at radius 2 is 2.12 bits per heavy atom. The van der Waals surface area contributed by atoms with Gasteiger partial charge in [0, 0.05) is 6.54 Å². The van der Waals surface area contributed by atoms with Gasteiger partial charge in [-0.25, -0.2) is 0 Å². The van der Waals surface area contributed by atoms with Gasteiger partial charge in [-0.3, -0.25) is 0 Å². The topological polar surface area (TPSA) is 18.5 Å². The number of piperidine rings is 1. The highest BCUT2D eigenvalue weighted by Crippen LogP contribution is 2.13. The molecule has 1 fully saturated rings. The van der Waals surface area contributed by atoms with Crippen molar-refractivity contribution in [2.45, 2.75) is 25.7 Å². The van der Waals surface area contributed by atoms with Gasteiger partial charge in [-0.2, -0.15) is 0 Å². The maximum Gasteiger partial charge on any atom is 0.00187 e. The van der Waals surface area contributed by atoms with Gasteiger partial charge >= 0.3 is 0 Å². The third-order valence-electron chi connectivity index (χ3n) is 3.36. The van der Waals surface area contributed by atoms with E-state index in [0.29, 0.717) is 0 Å². The number of unbranched alkanes of at least 4 members (excludes halogenated alkanes) is 1. The summed E-state index contributed by atoms with van der Waals surface area (Å²) in [5, 5.41) is 3.60. The normalized spacial score (nSPS) is 22.9. The fourth-order valence-corrected chi connectivity index (χ4v) is 2.42. The predicted molar refractivity (Wildman–Crippen MR) is 70.9 cm³/mol. The smallest absolute Gasteiger partial charge is 0.00187 e. The molecule has 0 bridgehead atoms. The van der Waals surface area contributed by atoms with Crippen molar-refractivity contribution in [1.29, 1.82) is 0 Å². The molecule has 0 spiro atoms. The lowest BCUT2D eigenvalue weighted by molar-refractivity contribution is 0.206. The van der Waals surface area contributed by atoms with Crippen LogP contribution in [0.25, 0.3) is 0 Å². The molecule has 1 heterocycles. The van der Waals surface area contributed by atoms with Crippen LogP contribution >= 0.6 is 0 Å². The zero-order valence-corrected chi connectivity index (χ0v) is 11.3. The first-order valence-corrected chi connectivity index (χ1v) is 6.72. The van der Waals surface area contributed by atoms with E-state index in [9.17, 15) is 0 Å². The lowest BCUT2D eigenvalue weighted by atomic mass is 9.98. The molecule has 1 atom stereocenters. The minimum Gasteiger partial charge on any atom is -0.316 e. The van der Waals surface area contributed by atoms with Crippen molar-refractivity contribution >= 4 is 0 Å². The SMILES string of the molecule is CN(C)CCCCNCC1CCCN(C)C1. The first-order valence-electron chi connectivity index (χ1n) is 6.72. The number of hydrogen-bond donors (Lipinski definition) is 1. The van der Waals surface area contributed by atoms with Crippen LogP contribution in [-0.4, -0.2) is 63.7 Å². The monoisotopic (exact) mass is 227 g/mol. The van der Waals surface area contributed by atoms with Crippen molar-refractivity contribution in [2.75, 3.05) is 53.9 Å². The predicted octanol–water partition coefficient (Wildman–Crippen LogP) is 1.26. The Labute approximate surface area is 101 Å². The highest BCUT2D eigenvalue weighted by atomic mass is 15.1. The Hall–Kier alpha value is -0.120. The van der Waals surface area contributed by atoms with Crippen molar-refractivity contribution in [2.24, 2.45) is 5.92 Å². The van der Waals surface area contributed by atoms with Crippen LogP contribution in [0.15, 0.2) is 0 Å². The third kappa shape index (κ3) is 6.46. The summed E-state index contributed by atoms with van der Waals surface area (Å²) >= 11 is 0.